The Hall–Kier alpha value is -3.39. The lowest BCUT2D eigenvalue weighted by atomic mass is 9.72. The van der Waals surface area contributed by atoms with Crippen LogP contribution in [0.3, 0.4) is 0 Å². The molecule has 0 aromatic carbocycles. The molecule has 198 valence electrons. The lowest BCUT2D eigenvalue weighted by Gasteiger charge is -2.32. The third-order valence-electron chi connectivity index (χ3n) is 6.36. The van der Waals surface area contributed by atoms with E-state index in [1.807, 2.05) is 37.3 Å². The number of hydrogen-bond acceptors (Lipinski definition) is 1. The van der Waals surface area contributed by atoms with Crippen LogP contribution in [0.1, 0.15) is 74.7 Å². The van der Waals surface area contributed by atoms with Gasteiger partial charge in [-0.1, -0.05) is 133 Å². The highest BCUT2D eigenvalue weighted by Crippen LogP contribution is 2.40. The van der Waals surface area contributed by atoms with Crippen LogP contribution in [0.15, 0.2) is 130 Å². The van der Waals surface area contributed by atoms with E-state index in [4.69, 9.17) is 5.11 Å². The molecule has 0 aliphatic heterocycles. The quantitative estimate of drug-likeness (QED) is 0.227. The van der Waals surface area contributed by atoms with Gasteiger partial charge in [0.15, 0.2) is 0 Å². The molecule has 1 N–H and O–H groups in total. The largest absolute Gasteiger partial charge is 0.478 e. The van der Waals surface area contributed by atoms with Gasteiger partial charge in [0.25, 0.3) is 0 Å². The highest BCUT2D eigenvalue weighted by molar-refractivity contribution is 5.86. The van der Waals surface area contributed by atoms with Crippen molar-refractivity contribution >= 4 is 5.97 Å². The Morgan fingerprint density at radius 1 is 0.703 bits per heavy atom. The first-order chi connectivity index (χ1) is 17.4. The molecule has 0 aromatic rings. The summed E-state index contributed by atoms with van der Waals surface area (Å²) >= 11 is 0. The van der Waals surface area contributed by atoms with Crippen LogP contribution in [0.5, 0.6) is 0 Å². The van der Waals surface area contributed by atoms with E-state index in [-0.39, 0.29) is 5.41 Å². The number of allylic oxidation sites excluding steroid dienone is 21. The summed E-state index contributed by atoms with van der Waals surface area (Å²) < 4.78 is 0. The lowest BCUT2D eigenvalue weighted by Crippen LogP contribution is -2.19. The number of aliphatic carboxylic acids is 1. The van der Waals surface area contributed by atoms with Crippen LogP contribution in [0, 0.1) is 5.41 Å². The minimum atomic E-state index is -0.900. The predicted molar refractivity (Wildman–Crippen MR) is 162 cm³/mol. The summed E-state index contributed by atoms with van der Waals surface area (Å²) in [6.07, 6.45) is 34.3. The molecule has 1 aliphatic carbocycles. The third kappa shape index (κ3) is 13.5. The molecule has 1 aliphatic rings. The van der Waals surface area contributed by atoms with Crippen LogP contribution < -0.4 is 0 Å². The fraction of sp³-hybridized carbons (Fsp3) is 0.343. The van der Waals surface area contributed by atoms with Gasteiger partial charge in [0.1, 0.15) is 0 Å². The number of rotatable bonds is 11. The predicted octanol–water partition coefficient (Wildman–Crippen LogP) is 10.1. The zero-order chi connectivity index (χ0) is 27.8. The summed E-state index contributed by atoms with van der Waals surface area (Å²) in [5, 5.41) is 8.85. The smallest absolute Gasteiger partial charge is 0.331 e. The molecule has 0 spiro atoms. The van der Waals surface area contributed by atoms with Crippen molar-refractivity contribution in [2.24, 2.45) is 5.41 Å². The highest BCUT2D eigenvalue weighted by Gasteiger charge is 2.26. The second-order valence-electron chi connectivity index (χ2n) is 10.5. The van der Waals surface area contributed by atoms with Gasteiger partial charge in [0.2, 0.25) is 0 Å². The standard InChI is InChI=1S/C35H46O2/c1-27(17-11-19-29(3)21-13-22-32(6)34(36)37)15-9-10-16-28(2)18-12-20-30(4)24-25-33-31(5)23-14-26-35(33,7)8/h9-13,15-22,24-25H,14,23,26H2,1-8H3,(H,36,37)/b10-9+,17-11+,18-12+,21-13+,25-24+,27-15+,28-16+,29-19+,30-20+,32-22+. The van der Waals surface area contributed by atoms with E-state index in [1.54, 1.807) is 19.1 Å². The monoisotopic (exact) mass is 498 g/mol. The number of carboxylic acids is 1. The Kier molecular flexibility index (Phi) is 14.0. The van der Waals surface area contributed by atoms with Gasteiger partial charge in [-0.15, -0.1) is 0 Å². The zero-order valence-corrected chi connectivity index (χ0v) is 24.1. The molecule has 0 bridgehead atoms. The number of carbonyl (C=O) groups is 1. The number of hydrogen-bond donors (Lipinski definition) is 1. The van der Waals surface area contributed by atoms with Crippen molar-refractivity contribution in [3.63, 3.8) is 0 Å². The lowest BCUT2D eigenvalue weighted by molar-refractivity contribution is -0.132. The van der Waals surface area contributed by atoms with E-state index in [0.29, 0.717) is 5.57 Å². The Labute approximate surface area is 226 Å². The van der Waals surface area contributed by atoms with Gasteiger partial charge in [0.05, 0.1) is 0 Å². The first-order valence-corrected chi connectivity index (χ1v) is 13.1. The van der Waals surface area contributed by atoms with Gasteiger partial charge in [0, 0.05) is 5.57 Å². The molecule has 0 radical (unpaired) electrons. The second kappa shape index (κ2) is 16.4. The van der Waals surface area contributed by atoms with Crippen molar-refractivity contribution in [1.82, 2.24) is 0 Å². The van der Waals surface area contributed by atoms with Crippen LogP contribution in [0.4, 0.5) is 0 Å². The first kappa shape index (κ1) is 31.6. The van der Waals surface area contributed by atoms with Crippen LogP contribution in [-0.2, 0) is 4.79 Å². The molecule has 2 nitrogen and oxygen atoms in total. The average Bonchev–Trinajstić information content (AvgIpc) is 2.81. The minimum Gasteiger partial charge on any atom is -0.478 e. The van der Waals surface area contributed by atoms with E-state index in [0.717, 1.165) is 11.1 Å². The van der Waals surface area contributed by atoms with E-state index in [1.165, 1.54) is 41.6 Å². The van der Waals surface area contributed by atoms with Gasteiger partial charge in [-0.2, -0.15) is 0 Å². The Morgan fingerprint density at radius 2 is 1.14 bits per heavy atom. The van der Waals surface area contributed by atoms with Gasteiger partial charge >= 0.3 is 5.97 Å². The van der Waals surface area contributed by atoms with Crippen molar-refractivity contribution in [3.8, 4) is 0 Å². The van der Waals surface area contributed by atoms with Crippen molar-refractivity contribution in [2.75, 3.05) is 0 Å². The van der Waals surface area contributed by atoms with Gasteiger partial charge in [-0.3, -0.25) is 0 Å². The minimum absolute atomic E-state index is 0.276. The molecule has 0 amide bonds. The second-order valence-corrected chi connectivity index (χ2v) is 10.5. The van der Waals surface area contributed by atoms with Crippen molar-refractivity contribution in [1.29, 1.82) is 0 Å². The van der Waals surface area contributed by atoms with Gasteiger partial charge in [-0.25, -0.2) is 4.79 Å². The van der Waals surface area contributed by atoms with E-state index >= 15 is 0 Å². The van der Waals surface area contributed by atoms with E-state index in [9.17, 15) is 4.79 Å². The summed E-state index contributed by atoms with van der Waals surface area (Å²) in [5.41, 5.74) is 8.25. The maximum Gasteiger partial charge on any atom is 0.331 e. The maximum atomic E-state index is 10.8. The van der Waals surface area contributed by atoms with Crippen molar-refractivity contribution in [2.45, 2.75) is 74.7 Å². The molecule has 0 unspecified atom stereocenters. The van der Waals surface area contributed by atoms with E-state index in [2.05, 4.69) is 90.2 Å². The Balaban J connectivity index is 2.63. The molecule has 0 saturated heterocycles. The summed E-state index contributed by atoms with van der Waals surface area (Å²) in [4.78, 5) is 10.8. The van der Waals surface area contributed by atoms with Crippen LogP contribution >= 0.6 is 0 Å². The zero-order valence-electron chi connectivity index (χ0n) is 24.1. The molecule has 2 heteroatoms. The molecule has 37 heavy (non-hydrogen) atoms. The van der Waals surface area contributed by atoms with Crippen LogP contribution in [0.2, 0.25) is 0 Å². The summed E-state index contributed by atoms with van der Waals surface area (Å²) in [5.74, 6) is -0.900. The van der Waals surface area contributed by atoms with Gasteiger partial charge in [-0.05, 0) is 71.8 Å². The molecule has 0 saturated carbocycles. The summed E-state index contributed by atoms with van der Waals surface area (Å²) in [6.45, 7) is 16.9. The van der Waals surface area contributed by atoms with E-state index < -0.39 is 5.97 Å². The highest BCUT2D eigenvalue weighted by atomic mass is 16.4. The van der Waals surface area contributed by atoms with Crippen LogP contribution in [-0.4, -0.2) is 11.1 Å². The maximum absolute atomic E-state index is 10.8. The molecule has 0 atom stereocenters. The van der Waals surface area contributed by atoms with Crippen LogP contribution in [0.25, 0.3) is 0 Å². The summed E-state index contributed by atoms with van der Waals surface area (Å²) in [6, 6.07) is 0. The molecular formula is C35H46O2. The normalized spacial score (nSPS) is 19.1. The number of carboxylic acid groups (broad SMARTS) is 1. The topological polar surface area (TPSA) is 37.3 Å². The Bertz CT molecular complexity index is 1130. The fourth-order valence-corrected chi connectivity index (χ4v) is 3.98. The molecule has 0 fully saturated rings. The third-order valence-corrected chi connectivity index (χ3v) is 6.36. The molecule has 0 aromatic heterocycles. The fourth-order valence-electron chi connectivity index (χ4n) is 3.98. The van der Waals surface area contributed by atoms with Crippen molar-refractivity contribution in [3.05, 3.63) is 130 Å². The van der Waals surface area contributed by atoms with Crippen molar-refractivity contribution < 1.29 is 9.90 Å². The first-order valence-electron chi connectivity index (χ1n) is 13.1. The molecule has 1 rings (SSSR count). The average molecular weight is 499 g/mol. The molecular weight excluding hydrogens is 452 g/mol. The Morgan fingerprint density at radius 3 is 1.59 bits per heavy atom. The summed E-state index contributed by atoms with van der Waals surface area (Å²) in [7, 11) is 0. The molecule has 0 heterocycles. The van der Waals surface area contributed by atoms with Gasteiger partial charge < -0.3 is 5.11 Å². The SMILES string of the molecule is CC1=C(/C=C/C(C)=C/C=C/C(C)=C/C=C/C=C(C)/C=C/C=C(C)/C=C/C=C(\C)C(=O)O)C(C)(C)CCC1.